The van der Waals surface area contributed by atoms with Gasteiger partial charge in [-0.1, -0.05) is 17.7 Å². The molecule has 4 nitrogen and oxygen atoms in total. The Kier molecular flexibility index (Phi) is 6.86. The molecule has 0 saturated heterocycles. The lowest BCUT2D eigenvalue weighted by Gasteiger charge is -2.17. The maximum atomic E-state index is 5.79. The summed E-state index contributed by atoms with van der Waals surface area (Å²) in [5.41, 5.74) is 1.15. The van der Waals surface area contributed by atoms with Crippen LogP contribution in [-0.2, 0) is 12.8 Å². The Hall–Kier alpha value is -1.59. The summed E-state index contributed by atoms with van der Waals surface area (Å²) in [6, 6.07) is 8.50. The number of nitrogens with zero attached hydrogens (tertiary/aromatic N) is 2. The number of hydrogen-bond donors (Lipinski definition) is 2. The Balaban J connectivity index is 1.75. The van der Waals surface area contributed by atoms with Gasteiger partial charge in [-0.15, -0.1) is 11.3 Å². The van der Waals surface area contributed by atoms with Gasteiger partial charge < -0.3 is 10.6 Å². The lowest BCUT2D eigenvalue weighted by Crippen LogP contribution is -2.43. The van der Waals surface area contributed by atoms with Gasteiger partial charge >= 0.3 is 0 Å². The van der Waals surface area contributed by atoms with Crippen molar-refractivity contribution in [3.8, 4) is 0 Å². The predicted octanol–water partition coefficient (Wildman–Crippen LogP) is 3.44. The van der Waals surface area contributed by atoms with Gasteiger partial charge in [-0.25, -0.2) is 4.98 Å². The Morgan fingerprint density at radius 3 is 2.78 bits per heavy atom. The van der Waals surface area contributed by atoms with Gasteiger partial charge in [0.25, 0.3) is 0 Å². The molecular formula is C17H23ClN4S. The van der Waals surface area contributed by atoms with Crippen LogP contribution in [0.2, 0.25) is 5.15 Å². The Labute approximate surface area is 147 Å². The molecule has 2 rings (SSSR count). The number of thiophene rings is 1. The van der Waals surface area contributed by atoms with E-state index in [1.54, 1.807) is 7.05 Å². The van der Waals surface area contributed by atoms with Crippen LogP contribution < -0.4 is 10.6 Å². The van der Waals surface area contributed by atoms with Crippen LogP contribution in [0.25, 0.3) is 0 Å². The third-order valence-electron chi connectivity index (χ3n) is 3.40. The van der Waals surface area contributed by atoms with E-state index in [4.69, 9.17) is 11.6 Å². The number of pyridine rings is 1. The van der Waals surface area contributed by atoms with E-state index < -0.39 is 0 Å². The summed E-state index contributed by atoms with van der Waals surface area (Å²) in [4.78, 5) is 11.1. The van der Waals surface area contributed by atoms with Crippen molar-refractivity contribution in [2.24, 2.45) is 4.99 Å². The zero-order chi connectivity index (χ0) is 16.7. The summed E-state index contributed by atoms with van der Waals surface area (Å²) in [6.45, 7) is 5.11. The lowest BCUT2D eigenvalue weighted by atomic mass is 10.2. The van der Waals surface area contributed by atoms with Crippen LogP contribution in [0.1, 0.15) is 22.2 Å². The standard InChI is InChI=1S/C17H23ClN4S/c1-12(10-15-6-4-13(2)23-15)22-17(19-3)20-9-8-14-5-7-16(18)21-11-14/h4-7,11-12H,8-10H2,1-3H3,(H2,19,20,22). The van der Waals surface area contributed by atoms with Crippen LogP contribution in [0.5, 0.6) is 0 Å². The highest BCUT2D eigenvalue weighted by Gasteiger charge is 2.07. The Bertz CT molecular complexity index is 636. The number of rotatable bonds is 6. The number of aliphatic imine (C=N–C) groups is 1. The van der Waals surface area contributed by atoms with Crippen molar-refractivity contribution in [3.63, 3.8) is 0 Å². The SMILES string of the molecule is CN=C(NCCc1ccc(Cl)nc1)NC(C)Cc1ccc(C)s1. The average Bonchev–Trinajstić information content (AvgIpc) is 2.93. The van der Waals surface area contributed by atoms with E-state index in [2.05, 4.69) is 46.6 Å². The summed E-state index contributed by atoms with van der Waals surface area (Å²) >= 11 is 7.64. The first-order chi connectivity index (χ1) is 11.1. The molecule has 0 aliphatic carbocycles. The first-order valence-electron chi connectivity index (χ1n) is 7.69. The number of nitrogens with one attached hydrogen (secondary N) is 2. The van der Waals surface area contributed by atoms with Gasteiger partial charge in [0.1, 0.15) is 5.15 Å². The van der Waals surface area contributed by atoms with Gasteiger partial charge in [-0.2, -0.15) is 0 Å². The smallest absolute Gasteiger partial charge is 0.191 e. The van der Waals surface area contributed by atoms with Crippen LogP contribution in [0.15, 0.2) is 35.5 Å². The van der Waals surface area contributed by atoms with Crippen LogP contribution in [0.3, 0.4) is 0 Å². The molecule has 124 valence electrons. The highest BCUT2D eigenvalue weighted by molar-refractivity contribution is 7.11. The van der Waals surface area contributed by atoms with Crippen molar-refractivity contribution in [3.05, 3.63) is 50.9 Å². The maximum Gasteiger partial charge on any atom is 0.191 e. The molecule has 0 radical (unpaired) electrons. The molecular weight excluding hydrogens is 328 g/mol. The molecule has 0 aliphatic heterocycles. The van der Waals surface area contributed by atoms with E-state index in [-0.39, 0.29) is 0 Å². The third kappa shape index (κ3) is 6.20. The van der Waals surface area contributed by atoms with E-state index in [9.17, 15) is 0 Å². The molecule has 0 amide bonds. The zero-order valence-electron chi connectivity index (χ0n) is 13.8. The fourth-order valence-corrected chi connectivity index (χ4v) is 3.39. The molecule has 2 N–H and O–H groups in total. The topological polar surface area (TPSA) is 49.3 Å². The molecule has 2 aromatic heterocycles. The fraction of sp³-hybridized carbons (Fsp3) is 0.412. The monoisotopic (exact) mass is 350 g/mol. The van der Waals surface area contributed by atoms with Gasteiger partial charge in [0.05, 0.1) is 0 Å². The molecule has 0 bridgehead atoms. The predicted molar refractivity (Wildman–Crippen MR) is 99.7 cm³/mol. The molecule has 0 saturated carbocycles. The molecule has 6 heteroatoms. The van der Waals surface area contributed by atoms with Gasteiger partial charge in [0.15, 0.2) is 5.96 Å². The van der Waals surface area contributed by atoms with E-state index in [0.717, 1.165) is 30.9 Å². The summed E-state index contributed by atoms with van der Waals surface area (Å²) in [7, 11) is 1.79. The largest absolute Gasteiger partial charge is 0.356 e. The minimum Gasteiger partial charge on any atom is -0.356 e. The summed E-state index contributed by atoms with van der Waals surface area (Å²) in [5, 5.41) is 7.29. The quantitative estimate of drug-likeness (QED) is 0.476. The van der Waals surface area contributed by atoms with E-state index in [1.165, 1.54) is 9.75 Å². The maximum absolute atomic E-state index is 5.79. The van der Waals surface area contributed by atoms with Crippen molar-refractivity contribution >= 4 is 28.9 Å². The molecule has 23 heavy (non-hydrogen) atoms. The van der Waals surface area contributed by atoms with Gasteiger partial charge in [-0.05, 0) is 44.0 Å². The van der Waals surface area contributed by atoms with E-state index in [0.29, 0.717) is 11.2 Å². The minimum absolute atomic E-state index is 0.330. The van der Waals surface area contributed by atoms with E-state index >= 15 is 0 Å². The number of aromatic nitrogens is 1. The lowest BCUT2D eigenvalue weighted by molar-refractivity contribution is 0.644. The molecule has 0 spiro atoms. The second-order valence-corrected chi connectivity index (χ2v) is 7.26. The van der Waals surface area contributed by atoms with Crippen LogP contribution in [-0.4, -0.2) is 30.6 Å². The number of hydrogen-bond acceptors (Lipinski definition) is 3. The summed E-state index contributed by atoms with van der Waals surface area (Å²) < 4.78 is 0. The minimum atomic E-state index is 0.330. The molecule has 1 unspecified atom stereocenters. The highest BCUT2D eigenvalue weighted by Crippen LogP contribution is 2.16. The Morgan fingerprint density at radius 2 is 2.17 bits per heavy atom. The normalized spacial score (nSPS) is 13.0. The van der Waals surface area contributed by atoms with Crippen molar-refractivity contribution in [1.29, 1.82) is 0 Å². The number of guanidine groups is 1. The molecule has 0 aliphatic rings. The zero-order valence-corrected chi connectivity index (χ0v) is 15.3. The second-order valence-electron chi connectivity index (χ2n) is 5.50. The Morgan fingerprint density at radius 1 is 1.35 bits per heavy atom. The van der Waals surface area contributed by atoms with Crippen molar-refractivity contribution in [1.82, 2.24) is 15.6 Å². The van der Waals surface area contributed by atoms with Gasteiger partial charge in [0, 0.05) is 42.0 Å². The number of halogens is 1. The van der Waals surface area contributed by atoms with Crippen molar-refractivity contribution in [2.45, 2.75) is 32.7 Å². The van der Waals surface area contributed by atoms with E-state index in [1.807, 2.05) is 29.7 Å². The van der Waals surface area contributed by atoms with Crippen LogP contribution >= 0.6 is 22.9 Å². The number of aryl methyl sites for hydroxylation is 1. The summed E-state index contributed by atoms with van der Waals surface area (Å²) in [6.07, 6.45) is 3.69. The molecule has 2 aromatic rings. The second kappa shape index (κ2) is 8.89. The molecule has 2 heterocycles. The third-order valence-corrected chi connectivity index (χ3v) is 4.65. The van der Waals surface area contributed by atoms with Gasteiger partial charge in [0.2, 0.25) is 0 Å². The fourth-order valence-electron chi connectivity index (χ4n) is 2.26. The van der Waals surface area contributed by atoms with Crippen LogP contribution in [0.4, 0.5) is 0 Å². The van der Waals surface area contributed by atoms with Crippen molar-refractivity contribution in [2.75, 3.05) is 13.6 Å². The first kappa shape index (κ1) is 17.8. The van der Waals surface area contributed by atoms with Gasteiger partial charge in [-0.3, -0.25) is 4.99 Å². The van der Waals surface area contributed by atoms with Crippen LogP contribution in [0, 0.1) is 6.92 Å². The molecule has 0 fully saturated rings. The average molecular weight is 351 g/mol. The van der Waals surface area contributed by atoms with Crippen molar-refractivity contribution < 1.29 is 0 Å². The molecule has 1 atom stereocenters. The molecule has 0 aromatic carbocycles. The first-order valence-corrected chi connectivity index (χ1v) is 8.89. The summed E-state index contributed by atoms with van der Waals surface area (Å²) in [5.74, 6) is 0.827. The highest BCUT2D eigenvalue weighted by atomic mass is 35.5.